The number of thioether (sulfide) groups is 1. The third-order valence-electron chi connectivity index (χ3n) is 1.64. The van der Waals surface area contributed by atoms with Crippen molar-refractivity contribution >= 4 is 11.8 Å². The Hall–Kier alpha value is -0.530. The molecule has 1 rings (SSSR count). The maximum Gasteiger partial charge on any atom is 0.181 e. The lowest BCUT2D eigenvalue weighted by Crippen LogP contribution is -2.46. The van der Waals surface area contributed by atoms with Crippen molar-refractivity contribution in [3.8, 4) is 0 Å². The van der Waals surface area contributed by atoms with E-state index in [4.69, 9.17) is 15.0 Å². The number of nitrogens with zero attached hydrogens (tertiary/aromatic N) is 2. The smallest absolute Gasteiger partial charge is 0.181 e. The van der Waals surface area contributed by atoms with Crippen LogP contribution in [0, 0.1) is 10.7 Å². The first-order chi connectivity index (χ1) is 6.24. The summed E-state index contributed by atoms with van der Waals surface area (Å²) in [5.74, 6) is 0.537. The number of nitrogens with one attached hydrogen (secondary N) is 1. The number of rotatable bonds is 4. The Morgan fingerprint density at radius 2 is 2.62 bits per heavy atom. The van der Waals surface area contributed by atoms with Crippen LogP contribution in [0.5, 0.6) is 0 Å². The molecule has 0 aliphatic carbocycles. The highest BCUT2D eigenvalue weighted by molar-refractivity contribution is 7.98. The van der Waals surface area contributed by atoms with Crippen molar-refractivity contribution in [2.45, 2.75) is 6.29 Å². The highest BCUT2D eigenvalue weighted by atomic mass is 32.2. The number of morpholine rings is 1. The molecule has 0 aromatic carbocycles. The fourth-order valence-electron chi connectivity index (χ4n) is 1.02. The lowest BCUT2D eigenvalue weighted by Gasteiger charge is -2.28. The van der Waals surface area contributed by atoms with Gasteiger partial charge in [0.1, 0.15) is 13.1 Å². The molecule has 13 heavy (non-hydrogen) atoms. The molecule has 1 N–H and O–H groups in total. The second kappa shape index (κ2) is 5.25. The first kappa shape index (κ1) is 10.6. The molecule has 7 heteroatoms. The molecule has 0 aromatic rings. The molecule has 76 valence electrons. The van der Waals surface area contributed by atoms with Gasteiger partial charge in [-0.1, -0.05) is 0 Å². The Morgan fingerprint density at radius 3 is 3.23 bits per heavy atom. The van der Waals surface area contributed by atoms with Crippen LogP contribution in [0.2, 0.25) is 0 Å². The summed E-state index contributed by atoms with van der Waals surface area (Å²) in [6.07, 6.45) is 1.54. The molecule has 1 aliphatic rings. The van der Waals surface area contributed by atoms with Crippen molar-refractivity contribution in [2.75, 3.05) is 31.9 Å². The first-order valence-electron chi connectivity index (χ1n) is 3.89. The molecule has 1 atom stereocenters. The molecule has 6 nitrogen and oxygen atoms in total. The highest BCUT2D eigenvalue weighted by Gasteiger charge is 2.24. The molecular formula is C6H13N3O3S. The zero-order chi connectivity index (χ0) is 9.68. The van der Waals surface area contributed by atoms with Crippen molar-refractivity contribution in [1.82, 2.24) is 5.01 Å². The van der Waals surface area contributed by atoms with Gasteiger partial charge >= 0.3 is 0 Å². The van der Waals surface area contributed by atoms with Gasteiger partial charge in [-0.25, -0.2) is 0 Å². The number of ether oxygens (including phenoxy) is 2. The summed E-state index contributed by atoms with van der Waals surface area (Å²) in [7, 11) is 0. The molecule has 0 bridgehead atoms. The van der Waals surface area contributed by atoms with E-state index in [9.17, 15) is 5.21 Å². The fraction of sp³-hybridized carbons (Fsp3) is 1.00. The average Bonchev–Trinajstić information content (AvgIpc) is 2.15. The third kappa shape index (κ3) is 3.37. The Bertz CT molecular complexity index is 181. The van der Waals surface area contributed by atoms with E-state index < -0.39 is 0 Å². The van der Waals surface area contributed by atoms with Crippen molar-refractivity contribution in [1.29, 1.82) is 5.53 Å². The van der Waals surface area contributed by atoms with Gasteiger partial charge < -0.3 is 14.7 Å². The van der Waals surface area contributed by atoms with Gasteiger partial charge in [0.15, 0.2) is 6.29 Å². The van der Waals surface area contributed by atoms with Crippen molar-refractivity contribution in [3.05, 3.63) is 5.21 Å². The Kier molecular flexibility index (Phi) is 4.26. The van der Waals surface area contributed by atoms with E-state index >= 15 is 0 Å². The minimum absolute atomic E-state index is 0.0813. The van der Waals surface area contributed by atoms with E-state index in [0.717, 1.165) is 0 Å². The predicted molar refractivity (Wildman–Crippen MR) is 47.1 cm³/mol. The zero-order valence-corrected chi connectivity index (χ0v) is 8.25. The van der Waals surface area contributed by atoms with Crippen molar-refractivity contribution < 1.29 is 14.4 Å². The predicted octanol–water partition coefficient (Wildman–Crippen LogP) is 0.438. The van der Waals surface area contributed by atoms with Crippen LogP contribution in [0.3, 0.4) is 0 Å². The minimum Gasteiger partial charge on any atom is -0.572 e. The van der Waals surface area contributed by atoms with E-state index in [2.05, 4.69) is 0 Å². The van der Waals surface area contributed by atoms with Gasteiger partial charge in [-0.05, 0) is 11.8 Å². The van der Waals surface area contributed by atoms with E-state index in [-0.39, 0.29) is 11.3 Å². The monoisotopic (exact) mass is 207 g/mol. The van der Waals surface area contributed by atoms with Gasteiger partial charge in [0.05, 0.1) is 12.5 Å². The average molecular weight is 207 g/mol. The molecule has 0 amide bonds. The SMILES string of the molecule is CSCOC1CN([N+](=N)[O-])CCO1. The second-order valence-electron chi connectivity index (χ2n) is 2.56. The van der Waals surface area contributed by atoms with Gasteiger partial charge in [-0.3, -0.25) is 0 Å². The summed E-state index contributed by atoms with van der Waals surface area (Å²) >= 11 is 1.55. The van der Waals surface area contributed by atoms with E-state index in [1.165, 1.54) is 5.01 Å². The van der Waals surface area contributed by atoms with Crippen LogP contribution in [-0.4, -0.2) is 48.2 Å². The molecule has 1 fully saturated rings. The van der Waals surface area contributed by atoms with Gasteiger partial charge in [-0.15, -0.1) is 16.8 Å². The molecule has 1 unspecified atom stereocenters. The molecule has 0 radical (unpaired) electrons. The highest BCUT2D eigenvalue weighted by Crippen LogP contribution is 2.08. The lowest BCUT2D eigenvalue weighted by atomic mass is 10.5. The van der Waals surface area contributed by atoms with Gasteiger partial charge in [0.2, 0.25) is 0 Å². The van der Waals surface area contributed by atoms with Crippen LogP contribution in [-0.2, 0) is 9.47 Å². The van der Waals surface area contributed by atoms with Crippen LogP contribution in [0.1, 0.15) is 0 Å². The topological polar surface area (TPSA) is 71.6 Å². The van der Waals surface area contributed by atoms with Crippen LogP contribution in [0.4, 0.5) is 0 Å². The third-order valence-corrected chi connectivity index (χ3v) is 2.01. The summed E-state index contributed by atoms with van der Waals surface area (Å²) in [4.78, 5) is 0.0813. The number of hydrogen-bond donors (Lipinski definition) is 1. The van der Waals surface area contributed by atoms with Gasteiger partial charge in [-0.2, -0.15) is 0 Å². The van der Waals surface area contributed by atoms with E-state index in [1.54, 1.807) is 11.8 Å². The number of hydrazine groups is 1. The molecule has 0 aromatic heterocycles. The molecule has 1 aliphatic heterocycles. The summed E-state index contributed by atoms with van der Waals surface area (Å²) < 4.78 is 10.5. The largest absolute Gasteiger partial charge is 0.572 e. The van der Waals surface area contributed by atoms with Gasteiger partial charge in [0, 0.05) is 4.97 Å². The molecule has 0 saturated carbocycles. The van der Waals surface area contributed by atoms with Gasteiger partial charge in [0.25, 0.3) is 0 Å². The summed E-state index contributed by atoms with van der Waals surface area (Å²) in [6, 6.07) is 0. The molecule has 1 saturated heterocycles. The van der Waals surface area contributed by atoms with Crippen LogP contribution in [0.15, 0.2) is 0 Å². The minimum atomic E-state index is -0.386. The van der Waals surface area contributed by atoms with E-state index in [0.29, 0.717) is 25.6 Å². The number of hydrogen-bond acceptors (Lipinski definition) is 5. The lowest BCUT2D eigenvalue weighted by molar-refractivity contribution is -0.717. The van der Waals surface area contributed by atoms with Crippen molar-refractivity contribution in [2.24, 2.45) is 0 Å². The van der Waals surface area contributed by atoms with Crippen LogP contribution >= 0.6 is 11.8 Å². The normalized spacial score (nSPS) is 23.2. The Labute approximate surface area is 80.8 Å². The summed E-state index contributed by atoms with van der Waals surface area (Å²) in [5, 5.41) is 11.9. The fourth-order valence-corrected chi connectivity index (χ4v) is 1.30. The Balaban J connectivity index is 2.29. The van der Waals surface area contributed by atoms with Crippen molar-refractivity contribution in [3.63, 3.8) is 0 Å². The quantitative estimate of drug-likeness (QED) is 0.313. The van der Waals surface area contributed by atoms with Crippen LogP contribution < -0.4 is 0 Å². The van der Waals surface area contributed by atoms with Crippen LogP contribution in [0.25, 0.3) is 0 Å². The molecular weight excluding hydrogens is 194 g/mol. The zero-order valence-electron chi connectivity index (χ0n) is 7.43. The standard InChI is InChI=1S/C6H13N3O3S/c1-13-5-12-6-4-8(9(7)10)2-3-11-6/h6-7H,2-5H2,1H3. The Morgan fingerprint density at radius 1 is 1.85 bits per heavy atom. The first-order valence-corrected chi connectivity index (χ1v) is 5.29. The maximum absolute atomic E-state index is 10.6. The molecule has 1 heterocycles. The molecule has 0 spiro atoms. The second-order valence-corrected chi connectivity index (χ2v) is 3.37. The summed E-state index contributed by atoms with van der Waals surface area (Å²) in [5.41, 5.74) is 6.83. The summed E-state index contributed by atoms with van der Waals surface area (Å²) in [6.45, 7) is 1.20. The van der Waals surface area contributed by atoms with E-state index in [1.807, 2.05) is 6.26 Å². The maximum atomic E-state index is 10.6.